The van der Waals surface area contributed by atoms with Crippen molar-refractivity contribution < 1.29 is 0 Å². The highest BCUT2D eigenvalue weighted by Gasteiger charge is 2.04. The van der Waals surface area contributed by atoms with Gasteiger partial charge in [0.25, 0.3) is 0 Å². The molecule has 0 aliphatic heterocycles. The van der Waals surface area contributed by atoms with Gasteiger partial charge in [0.05, 0.1) is 11.9 Å². The minimum atomic E-state index is 0.659. The molecule has 6 heteroatoms. The molecule has 2 heterocycles. The molecule has 0 saturated heterocycles. The Morgan fingerprint density at radius 3 is 2.80 bits per heavy atom. The first kappa shape index (κ1) is 9.85. The average molecular weight is 221 g/mol. The number of hydrogen-bond donors (Lipinski definition) is 2. The first-order chi connectivity index (χ1) is 7.15. The van der Waals surface area contributed by atoms with Crippen LogP contribution in [0.15, 0.2) is 12.3 Å². The van der Waals surface area contributed by atoms with Crippen molar-refractivity contribution in [1.82, 2.24) is 14.3 Å². The number of anilines is 3. The zero-order chi connectivity index (χ0) is 10.8. The monoisotopic (exact) mass is 221 g/mol. The van der Waals surface area contributed by atoms with Gasteiger partial charge in [-0.05, 0) is 25.5 Å². The second-order valence-corrected chi connectivity index (χ2v) is 3.96. The molecule has 0 fully saturated rings. The molecule has 2 aromatic rings. The van der Waals surface area contributed by atoms with Gasteiger partial charge in [-0.2, -0.15) is 4.37 Å². The van der Waals surface area contributed by atoms with Crippen LogP contribution in [0.3, 0.4) is 0 Å². The first-order valence-electron chi connectivity index (χ1n) is 4.44. The number of nitrogens with two attached hydrogens (primary N) is 1. The van der Waals surface area contributed by atoms with E-state index in [9.17, 15) is 0 Å². The predicted octanol–water partition coefficient (Wildman–Crippen LogP) is 1.88. The lowest BCUT2D eigenvalue weighted by Gasteiger charge is -2.05. The van der Waals surface area contributed by atoms with Gasteiger partial charge in [0.1, 0.15) is 11.6 Å². The zero-order valence-corrected chi connectivity index (χ0v) is 9.30. The van der Waals surface area contributed by atoms with Crippen molar-refractivity contribution in [1.29, 1.82) is 0 Å². The normalized spacial score (nSPS) is 10.3. The summed E-state index contributed by atoms with van der Waals surface area (Å²) in [5.74, 6) is 1.52. The van der Waals surface area contributed by atoms with E-state index in [2.05, 4.69) is 19.7 Å². The van der Waals surface area contributed by atoms with Crippen LogP contribution in [0.2, 0.25) is 0 Å². The van der Waals surface area contributed by atoms with Crippen LogP contribution < -0.4 is 11.1 Å². The molecule has 2 rings (SSSR count). The van der Waals surface area contributed by atoms with Crippen molar-refractivity contribution in [3.63, 3.8) is 0 Å². The standard InChI is InChI=1S/C9H11N5S/c1-5-3-7(10)4-11-8(5)13-9-12-6(2)14-15-9/h3-4H,10H2,1-2H3,(H,11,12,13,14). The number of hydrogen-bond acceptors (Lipinski definition) is 6. The van der Waals surface area contributed by atoms with Gasteiger partial charge in [-0.25, -0.2) is 9.97 Å². The largest absolute Gasteiger partial charge is 0.397 e. The van der Waals surface area contributed by atoms with Crippen molar-refractivity contribution in [2.45, 2.75) is 13.8 Å². The second kappa shape index (κ2) is 3.82. The fourth-order valence-electron chi connectivity index (χ4n) is 1.18. The van der Waals surface area contributed by atoms with Crippen LogP contribution >= 0.6 is 11.5 Å². The summed E-state index contributed by atoms with van der Waals surface area (Å²) in [6, 6.07) is 1.86. The summed E-state index contributed by atoms with van der Waals surface area (Å²) >= 11 is 1.31. The molecule has 0 spiro atoms. The molecule has 2 aromatic heterocycles. The second-order valence-electron chi connectivity index (χ2n) is 3.21. The third kappa shape index (κ3) is 2.21. The Morgan fingerprint density at radius 1 is 1.40 bits per heavy atom. The van der Waals surface area contributed by atoms with Gasteiger partial charge in [0.2, 0.25) is 5.13 Å². The fourth-order valence-corrected chi connectivity index (χ4v) is 1.75. The van der Waals surface area contributed by atoms with E-state index in [1.165, 1.54) is 11.5 Å². The van der Waals surface area contributed by atoms with Crippen molar-refractivity contribution in [3.8, 4) is 0 Å². The molecule has 0 unspecified atom stereocenters. The molecule has 3 N–H and O–H groups in total. The summed E-state index contributed by atoms with van der Waals surface area (Å²) in [5.41, 5.74) is 7.26. The molecule has 0 aliphatic rings. The lowest BCUT2D eigenvalue weighted by Crippen LogP contribution is -1.97. The molecule has 0 bridgehead atoms. The number of pyridine rings is 1. The molecule has 5 nitrogen and oxygen atoms in total. The van der Waals surface area contributed by atoms with E-state index in [0.717, 1.165) is 22.3 Å². The summed E-state index contributed by atoms with van der Waals surface area (Å²) in [6.45, 7) is 3.80. The van der Waals surface area contributed by atoms with Gasteiger partial charge in [0.15, 0.2) is 0 Å². The van der Waals surface area contributed by atoms with Crippen LogP contribution in [-0.2, 0) is 0 Å². The predicted molar refractivity (Wildman–Crippen MR) is 61.3 cm³/mol. The number of nitrogen functional groups attached to an aromatic ring is 1. The van der Waals surface area contributed by atoms with Crippen molar-refractivity contribution >= 4 is 28.2 Å². The summed E-state index contributed by atoms with van der Waals surface area (Å²) < 4.78 is 4.08. The average Bonchev–Trinajstić information content (AvgIpc) is 2.56. The Bertz CT molecular complexity index is 479. The summed E-state index contributed by atoms with van der Waals surface area (Å²) in [6.07, 6.45) is 1.61. The highest BCUT2D eigenvalue weighted by atomic mass is 32.1. The minimum absolute atomic E-state index is 0.659. The number of aryl methyl sites for hydroxylation is 2. The van der Waals surface area contributed by atoms with Crippen LogP contribution in [0.25, 0.3) is 0 Å². The summed E-state index contributed by atoms with van der Waals surface area (Å²) in [7, 11) is 0. The van der Waals surface area contributed by atoms with E-state index in [0.29, 0.717) is 5.69 Å². The van der Waals surface area contributed by atoms with Gasteiger partial charge in [0, 0.05) is 11.5 Å². The third-order valence-electron chi connectivity index (χ3n) is 1.85. The van der Waals surface area contributed by atoms with Gasteiger partial charge in [-0.15, -0.1) is 0 Å². The number of nitrogens with zero attached hydrogens (tertiary/aromatic N) is 3. The molecular weight excluding hydrogens is 210 g/mol. The van der Waals surface area contributed by atoms with Crippen molar-refractivity contribution in [2.75, 3.05) is 11.1 Å². The van der Waals surface area contributed by atoms with Crippen LogP contribution in [0.5, 0.6) is 0 Å². The highest BCUT2D eigenvalue weighted by Crippen LogP contribution is 2.20. The lowest BCUT2D eigenvalue weighted by atomic mass is 10.3. The smallest absolute Gasteiger partial charge is 0.208 e. The fraction of sp³-hybridized carbons (Fsp3) is 0.222. The molecule has 78 valence electrons. The lowest BCUT2D eigenvalue weighted by molar-refractivity contribution is 1.16. The highest BCUT2D eigenvalue weighted by molar-refractivity contribution is 7.09. The first-order valence-corrected chi connectivity index (χ1v) is 5.22. The molecule has 0 aliphatic carbocycles. The SMILES string of the molecule is Cc1nsc(Nc2ncc(N)cc2C)n1. The van der Waals surface area contributed by atoms with Gasteiger partial charge < -0.3 is 11.1 Å². The number of nitrogens with one attached hydrogen (secondary N) is 1. The quantitative estimate of drug-likeness (QED) is 0.809. The molecule has 0 amide bonds. The molecular formula is C9H11N5S. The van der Waals surface area contributed by atoms with E-state index in [-0.39, 0.29) is 0 Å². The zero-order valence-electron chi connectivity index (χ0n) is 8.48. The van der Waals surface area contributed by atoms with Gasteiger partial charge in [-0.3, -0.25) is 0 Å². The summed E-state index contributed by atoms with van der Waals surface area (Å²) in [5, 5.41) is 3.84. The van der Waals surface area contributed by atoms with Crippen molar-refractivity contribution in [2.24, 2.45) is 0 Å². The van der Waals surface area contributed by atoms with E-state index >= 15 is 0 Å². The van der Waals surface area contributed by atoms with E-state index < -0.39 is 0 Å². The third-order valence-corrected chi connectivity index (χ3v) is 2.57. The molecule has 0 radical (unpaired) electrons. The van der Waals surface area contributed by atoms with Gasteiger partial charge in [-0.1, -0.05) is 0 Å². The van der Waals surface area contributed by atoms with E-state index in [4.69, 9.17) is 5.73 Å². The molecule has 0 atom stereocenters. The van der Waals surface area contributed by atoms with E-state index in [1.54, 1.807) is 6.20 Å². The Balaban J connectivity index is 2.24. The molecule has 15 heavy (non-hydrogen) atoms. The molecule has 0 saturated carbocycles. The minimum Gasteiger partial charge on any atom is -0.397 e. The van der Waals surface area contributed by atoms with Crippen LogP contribution in [0.1, 0.15) is 11.4 Å². The van der Waals surface area contributed by atoms with Crippen molar-refractivity contribution in [3.05, 3.63) is 23.7 Å². The number of rotatable bonds is 2. The number of aromatic nitrogens is 3. The van der Waals surface area contributed by atoms with Crippen LogP contribution in [0, 0.1) is 13.8 Å². The summed E-state index contributed by atoms with van der Waals surface area (Å²) in [4.78, 5) is 8.38. The molecule has 0 aromatic carbocycles. The Hall–Kier alpha value is -1.69. The maximum absolute atomic E-state index is 5.61. The van der Waals surface area contributed by atoms with Gasteiger partial charge >= 0.3 is 0 Å². The van der Waals surface area contributed by atoms with E-state index in [1.807, 2.05) is 19.9 Å². The Kier molecular flexibility index (Phi) is 2.51. The topological polar surface area (TPSA) is 76.7 Å². The van der Waals surface area contributed by atoms with Crippen LogP contribution in [0.4, 0.5) is 16.6 Å². The maximum Gasteiger partial charge on any atom is 0.208 e. The van der Waals surface area contributed by atoms with Crippen LogP contribution in [-0.4, -0.2) is 14.3 Å². The maximum atomic E-state index is 5.61. The Morgan fingerprint density at radius 2 is 2.20 bits per heavy atom. The Labute approximate surface area is 91.5 Å².